The van der Waals surface area contributed by atoms with Crippen molar-refractivity contribution in [2.75, 3.05) is 13.2 Å². The third-order valence-electron chi connectivity index (χ3n) is 11.8. The summed E-state index contributed by atoms with van der Waals surface area (Å²) in [7, 11) is 0. The number of ether oxygens (including phenoxy) is 3. The van der Waals surface area contributed by atoms with E-state index in [4.69, 9.17) is 14.2 Å². The first-order valence-corrected chi connectivity index (χ1v) is 25.9. The van der Waals surface area contributed by atoms with Crippen LogP contribution in [0, 0.1) is 5.92 Å². The van der Waals surface area contributed by atoms with E-state index in [9.17, 15) is 14.4 Å². The first-order valence-electron chi connectivity index (χ1n) is 25.9. The summed E-state index contributed by atoms with van der Waals surface area (Å²) in [6.07, 6.45) is 48.2. The van der Waals surface area contributed by atoms with Crippen LogP contribution in [-0.4, -0.2) is 37.2 Å². The van der Waals surface area contributed by atoms with Crippen molar-refractivity contribution in [3.8, 4) is 0 Å². The third-order valence-corrected chi connectivity index (χ3v) is 11.8. The minimum atomic E-state index is -0.759. The Balaban J connectivity index is 4.17. The summed E-state index contributed by atoms with van der Waals surface area (Å²) in [5.41, 5.74) is 0. The molecule has 0 aromatic carbocycles. The highest BCUT2D eigenvalue weighted by molar-refractivity contribution is 5.71. The first kappa shape index (κ1) is 56.4. The molecule has 344 valence electrons. The van der Waals surface area contributed by atoms with Crippen LogP contribution in [-0.2, 0) is 28.6 Å². The van der Waals surface area contributed by atoms with Crippen LogP contribution in [0.3, 0.4) is 0 Å². The number of hydrogen-bond donors (Lipinski definition) is 0. The van der Waals surface area contributed by atoms with Gasteiger partial charge in [-0.25, -0.2) is 0 Å². The van der Waals surface area contributed by atoms with Gasteiger partial charge < -0.3 is 14.2 Å². The molecule has 0 saturated heterocycles. The average Bonchev–Trinajstić information content (AvgIpc) is 3.21. The number of rotatable bonds is 47. The van der Waals surface area contributed by atoms with Crippen LogP contribution in [0.25, 0.3) is 0 Å². The zero-order chi connectivity index (χ0) is 42.4. The van der Waals surface area contributed by atoms with E-state index in [2.05, 4.69) is 27.7 Å². The topological polar surface area (TPSA) is 78.9 Å². The Morgan fingerprint density at radius 2 is 0.569 bits per heavy atom. The molecule has 0 aromatic heterocycles. The van der Waals surface area contributed by atoms with Gasteiger partial charge in [0.2, 0.25) is 0 Å². The molecule has 0 N–H and O–H groups in total. The molecule has 0 unspecified atom stereocenters. The van der Waals surface area contributed by atoms with Crippen molar-refractivity contribution in [3.63, 3.8) is 0 Å². The molecular weight excluding hydrogens is 721 g/mol. The maximum Gasteiger partial charge on any atom is 0.306 e. The van der Waals surface area contributed by atoms with Crippen LogP contribution >= 0.6 is 0 Å². The summed E-state index contributed by atoms with van der Waals surface area (Å²) in [4.78, 5) is 37.8. The molecule has 6 heteroatoms. The number of hydrogen-bond acceptors (Lipinski definition) is 6. The summed E-state index contributed by atoms with van der Waals surface area (Å²) >= 11 is 0. The Hall–Kier alpha value is -1.59. The van der Waals surface area contributed by atoms with Gasteiger partial charge in [-0.05, 0) is 25.2 Å². The fourth-order valence-electron chi connectivity index (χ4n) is 7.86. The number of carbonyl (C=O) groups excluding carboxylic acids is 3. The highest BCUT2D eigenvalue weighted by Crippen LogP contribution is 2.17. The zero-order valence-corrected chi connectivity index (χ0v) is 39.5. The molecule has 0 aromatic rings. The van der Waals surface area contributed by atoms with Crippen LogP contribution in [0.1, 0.15) is 291 Å². The van der Waals surface area contributed by atoms with E-state index >= 15 is 0 Å². The second kappa shape index (κ2) is 46.5. The van der Waals surface area contributed by atoms with Gasteiger partial charge in [-0.3, -0.25) is 14.4 Å². The minimum absolute atomic E-state index is 0.0630. The van der Waals surface area contributed by atoms with E-state index < -0.39 is 6.10 Å². The maximum atomic E-state index is 12.7. The molecule has 0 rings (SSSR count). The van der Waals surface area contributed by atoms with E-state index in [0.717, 1.165) is 63.7 Å². The van der Waals surface area contributed by atoms with E-state index in [1.54, 1.807) is 0 Å². The molecule has 0 saturated carbocycles. The van der Waals surface area contributed by atoms with Crippen molar-refractivity contribution >= 4 is 17.9 Å². The molecule has 0 radical (unpaired) electrons. The molecule has 0 aliphatic carbocycles. The molecule has 0 spiro atoms. The predicted octanol–water partition coefficient (Wildman–Crippen LogP) is 16.7. The van der Waals surface area contributed by atoms with Crippen LogP contribution in [0.2, 0.25) is 0 Å². The lowest BCUT2D eigenvalue weighted by Crippen LogP contribution is -2.30. The van der Waals surface area contributed by atoms with Crippen molar-refractivity contribution in [2.24, 2.45) is 5.92 Å². The lowest BCUT2D eigenvalue weighted by Gasteiger charge is -2.18. The molecule has 1 atom stereocenters. The average molecular weight is 821 g/mol. The summed E-state index contributed by atoms with van der Waals surface area (Å²) in [6.45, 7) is 9.00. The van der Waals surface area contributed by atoms with Crippen molar-refractivity contribution in [3.05, 3.63) is 0 Å². The van der Waals surface area contributed by atoms with Gasteiger partial charge in [-0.2, -0.15) is 0 Å². The Kier molecular flexibility index (Phi) is 45.2. The van der Waals surface area contributed by atoms with Crippen molar-refractivity contribution in [1.82, 2.24) is 0 Å². The van der Waals surface area contributed by atoms with Gasteiger partial charge in [0.05, 0.1) is 0 Å². The van der Waals surface area contributed by atoms with Gasteiger partial charge in [0.25, 0.3) is 0 Å². The van der Waals surface area contributed by atoms with Crippen LogP contribution in [0.4, 0.5) is 0 Å². The lowest BCUT2D eigenvalue weighted by molar-refractivity contribution is -0.167. The zero-order valence-electron chi connectivity index (χ0n) is 39.5. The summed E-state index contributed by atoms with van der Waals surface area (Å²) in [5.74, 6) is 0.00204. The van der Waals surface area contributed by atoms with E-state index in [0.29, 0.717) is 19.3 Å². The molecule has 0 fully saturated rings. The Bertz CT molecular complexity index is 872. The van der Waals surface area contributed by atoms with Crippen LogP contribution in [0.15, 0.2) is 0 Å². The van der Waals surface area contributed by atoms with Gasteiger partial charge >= 0.3 is 17.9 Å². The molecular formula is C52H100O6. The molecule has 0 bridgehead atoms. The minimum Gasteiger partial charge on any atom is -0.462 e. The Morgan fingerprint density at radius 1 is 0.328 bits per heavy atom. The second-order valence-electron chi connectivity index (χ2n) is 18.3. The largest absolute Gasteiger partial charge is 0.462 e. The van der Waals surface area contributed by atoms with Gasteiger partial charge in [0.1, 0.15) is 13.2 Å². The predicted molar refractivity (Wildman–Crippen MR) is 247 cm³/mol. The quantitative estimate of drug-likeness (QED) is 0.0346. The van der Waals surface area contributed by atoms with Gasteiger partial charge in [0, 0.05) is 19.3 Å². The summed E-state index contributed by atoms with van der Waals surface area (Å²) in [5, 5.41) is 0. The van der Waals surface area contributed by atoms with Crippen LogP contribution in [0.5, 0.6) is 0 Å². The third kappa shape index (κ3) is 45.5. The van der Waals surface area contributed by atoms with Gasteiger partial charge in [0.15, 0.2) is 6.10 Å². The Labute approximate surface area is 361 Å². The van der Waals surface area contributed by atoms with E-state index in [1.807, 2.05) is 0 Å². The highest BCUT2D eigenvalue weighted by atomic mass is 16.6. The maximum absolute atomic E-state index is 12.7. The fraction of sp³-hybridized carbons (Fsp3) is 0.942. The number of unbranched alkanes of at least 4 members (excludes halogenated alkanes) is 34. The van der Waals surface area contributed by atoms with E-state index in [1.165, 1.54) is 186 Å². The molecule has 0 aliphatic rings. The highest BCUT2D eigenvalue weighted by Gasteiger charge is 2.19. The summed E-state index contributed by atoms with van der Waals surface area (Å²) in [6, 6.07) is 0. The molecule has 0 aliphatic heterocycles. The smallest absolute Gasteiger partial charge is 0.306 e. The number of esters is 3. The molecule has 0 amide bonds. The molecule has 0 heterocycles. The van der Waals surface area contributed by atoms with Crippen LogP contribution < -0.4 is 0 Å². The molecule has 58 heavy (non-hydrogen) atoms. The van der Waals surface area contributed by atoms with Gasteiger partial charge in [-0.1, -0.05) is 252 Å². The van der Waals surface area contributed by atoms with Crippen molar-refractivity contribution in [2.45, 2.75) is 297 Å². The molecule has 6 nitrogen and oxygen atoms in total. The van der Waals surface area contributed by atoms with Crippen molar-refractivity contribution in [1.29, 1.82) is 0 Å². The lowest BCUT2D eigenvalue weighted by atomic mass is 10.0. The summed E-state index contributed by atoms with van der Waals surface area (Å²) < 4.78 is 16.7. The SMILES string of the molecule is CCCCCCCCCCCCCCCCC(=O)O[C@H](COC(=O)CCCCCCCCC)COC(=O)CCCCCCCCCCCCCCCCCCC(C)C. The first-order chi connectivity index (χ1) is 28.4. The van der Waals surface area contributed by atoms with E-state index in [-0.39, 0.29) is 31.1 Å². The Morgan fingerprint density at radius 3 is 0.845 bits per heavy atom. The fourth-order valence-corrected chi connectivity index (χ4v) is 7.86. The van der Waals surface area contributed by atoms with Gasteiger partial charge in [-0.15, -0.1) is 0 Å². The standard InChI is InChI=1S/C52H100O6/c1-5-7-9-11-13-14-15-16-22-26-29-33-37-41-45-52(55)58-49(46-56-50(53)43-39-35-30-12-10-8-6-2)47-57-51(54)44-40-36-32-28-25-23-20-18-17-19-21-24-27-31-34-38-42-48(3)4/h48-49H,5-47H2,1-4H3/t49-/m1/s1. The number of carbonyl (C=O) groups is 3. The normalized spacial score (nSPS) is 11.9. The second-order valence-corrected chi connectivity index (χ2v) is 18.3. The monoisotopic (exact) mass is 821 g/mol. The van der Waals surface area contributed by atoms with Crippen molar-refractivity contribution < 1.29 is 28.6 Å².